The van der Waals surface area contributed by atoms with Crippen LogP contribution in [0.15, 0.2) is 60.7 Å². The smallest absolute Gasteiger partial charge is 0.335 e. The van der Waals surface area contributed by atoms with Gasteiger partial charge in [0.25, 0.3) is 0 Å². The minimum Gasteiger partial charge on any atom is -0.462 e. The number of hydrogen-bond donors (Lipinski definition) is 2. The highest BCUT2D eigenvalue weighted by Gasteiger charge is 2.23. The predicted molar refractivity (Wildman–Crippen MR) is 162 cm³/mol. The van der Waals surface area contributed by atoms with Gasteiger partial charge in [0.05, 0.1) is 37.6 Å². The second kappa shape index (κ2) is 17.0. The summed E-state index contributed by atoms with van der Waals surface area (Å²) in [5.74, 6) is -0.440. The second-order valence-corrected chi connectivity index (χ2v) is 11.3. The van der Waals surface area contributed by atoms with E-state index in [1.54, 1.807) is 6.07 Å². The normalized spacial score (nSPS) is 16.6. The molecule has 2 aromatic carbocycles. The maximum atomic E-state index is 15.6. The Morgan fingerprint density at radius 3 is 1.93 bits per heavy atom. The van der Waals surface area contributed by atoms with Crippen molar-refractivity contribution in [2.24, 2.45) is 5.92 Å². The summed E-state index contributed by atoms with van der Waals surface area (Å²) in [5, 5.41) is 18.2. The van der Waals surface area contributed by atoms with Crippen LogP contribution in [0, 0.1) is 11.7 Å². The molecule has 0 unspecified atom stereocenters. The highest BCUT2D eigenvalue weighted by molar-refractivity contribution is 5.88. The summed E-state index contributed by atoms with van der Waals surface area (Å²) in [7, 11) is 0. The average Bonchev–Trinajstić information content (AvgIpc) is 3.00. The Kier molecular flexibility index (Phi) is 13.4. The van der Waals surface area contributed by atoms with E-state index in [0.717, 1.165) is 35.4 Å². The molecule has 0 amide bonds. The number of aliphatic hydroxyl groups excluding tert-OH is 2. The lowest BCUT2D eigenvalue weighted by molar-refractivity contribution is -0.140. The molecule has 0 heterocycles. The van der Waals surface area contributed by atoms with Gasteiger partial charge in [-0.1, -0.05) is 76.1 Å². The summed E-state index contributed by atoms with van der Waals surface area (Å²) in [5.41, 5.74) is 3.80. The van der Waals surface area contributed by atoms with Gasteiger partial charge in [-0.2, -0.15) is 0 Å². The number of rotatable bonds is 16. The Morgan fingerprint density at radius 1 is 0.857 bits per heavy atom. The van der Waals surface area contributed by atoms with E-state index in [1.807, 2.05) is 30.3 Å². The van der Waals surface area contributed by atoms with Crippen molar-refractivity contribution in [1.29, 1.82) is 0 Å². The van der Waals surface area contributed by atoms with E-state index in [0.29, 0.717) is 29.9 Å². The van der Waals surface area contributed by atoms with Crippen molar-refractivity contribution in [2.75, 3.05) is 26.4 Å². The van der Waals surface area contributed by atoms with Gasteiger partial charge in [-0.3, -0.25) is 0 Å². The third-order valence-electron chi connectivity index (χ3n) is 8.10. The van der Waals surface area contributed by atoms with Crippen LogP contribution in [0.1, 0.15) is 80.9 Å². The van der Waals surface area contributed by atoms with Gasteiger partial charge >= 0.3 is 11.9 Å². The van der Waals surface area contributed by atoms with Gasteiger partial charge in [0.15, 0.2) is 0 Å². The molecule has 0 bridgehead atoms. The molecule has 0 radical (unpaired) electrons. The molecule has 0 aliphatic heterocycles. The number of halogens is 1. The molecule has 1 saturated carbocycles. The molecule has 1 fully saturated rings. The minimum absolute atomic E-state index is 0.0251. The van der Waals surface area contributed by atoms with Gasteiger partial charge in [-0.15, -0.1) is 0 Å². The van der Waals surface area contributed by atoms with Crippen molar-refractivity contribution in [2.45, 2.75) is 77.0 Å². The number of carbonyl (C=O) groups excluding carboxylic acids is 2. The Bertz CT molecular complexity index is 1180. The highest BCUT2D eigenvalue weighted by atomic mass is 19.1. The molecule has 7 heteroatoms. The number of hydrogen-bond acceptors (Lipinski definition) is 6. The van der Waals surface area contributed by atoms with Crippen molar-refractivity contribution >= 4 is 11.9 Å². The fourth-order valence-electron chi connectivity index (χ4n) is 5.55. The lowest BCUT2D eigenvalue weighted by atomic mass is 9.77. The lowest BCUT2D eigenvalue weighted by Crippen LogP contribution is -2.13. The third kappa shape index (κ3) is 9.92. The van der Waals surface area contributed by atoms with Crippen LogP contribution in [0.2, 0.25) is 0 Å². The van der Waals surface area contributed by atoms with Gasteiger partial charge in [-0.05, 0) is 65.8 Å². The summed E-state index contributed by atoms with van der Waals surface area (Å²) >= 11 is 0. The van der Waals surface area contributed by atoms with E-state index in [4.69, 9.17) is 19.7 Å². The fourth-order valence-corrected chi connectivity index (χ4v) is 5.55. The van der Waals surface area contributed by atoms with Crippen molar-refractivity contribution in [3.63, 3.8) is 0 Å². The van der Waals surface area contributed by atoms with Crippen molar-refractivity contribution in [3.8, 4) is 11.1 Å². The SMILES string of the molecule is C=C(CO)C(=O)OCCc1cc(CCOC(=O)C(=C)CO)cc(-c2ccc(C3CCC(CCCCC)CC3)cc2F)c1. The number of benzene rings is 2. The first-order valence-corrected chi connectivity index (χ1v) is 15.1. The van der Waals surface area contributed by atoms with Crippen LogP contribution in [-0.2, 0) is 31.9 Å². The number of unbranched alkanes of at least 4 members (excludes halogenated alkanes) is 2. The number of ether oxygens (including phenoxy) is 2. The van der Waals surface area contributed by atoms with Gasteiger partial charge in [-0.25, -0.2) is 14.0 Å². The molecule has 0 saturated heterocycles. The topological polar surface area (TPSA) is 93.1 Å². The third-order valence-corrected chi connectivity index (χ3v) is 8.10. The van der Waals surface area contributed by atoms with Crippen LogP contribution < -0.4 is 0 Å². The van der Waals surface area contributed by atoms with Crippen LogP contribution in [0.5, 0.6) is 0 Å². The van der Waals surface area contributed by atoms with E-state index in [9.17, 15) is 9.59 Å². The number of aliphatic hydroxyl groups is 2. The lowest BCUT2D eigenvalue weighted by Gasteiger charge is -2.29. The molecule has 0 spiro atoms. The largest absolute Gasteiger partial charge is 0.462 e. The average molecular weight is 581 g/mol. The summed E-state index contributed by atoms with van der Waals surface area (Å²) in [4.78, 5) is 23.8. The Labute approximate surface area is 249 Å². The van der Waals surface area contributed by atoms with E-state index < -0.39 is 25.2 Å². The Morgan fingerprint density at radius 2 is 1.43 bits per heavy atom. The molecule has 3 rings (SSSR count). The highest BCUT2D eigenvalue weighted by Crippen LogP contribution is 2.39. The molecular formula is C35H45FO6. The minimum atomic E-state index is -0.665. The zero-order chi connectivity index (χ0) is 30.5. The van der Waals surface area contributed by atoms with Crippen LogP contribution in [-0.4, -0.2) is 48.6 Å². The van der Waals surface area contributed by atoms with Gasteiger partial charge < -0.3 is 19.7 Å². The molecule has 0 aromatic heterocycles. The second-order valence-electron chi connectivity index (χ2n) is 11.3. The Hall–Kier alpha value is -3.29. The molecular weight excluding hydrogens is 535 g/mol. The molecule has 0 atom stereocenters. The van der Waals surface area contributed by atoms with Crippen LogP contribution in [0.25, 0.3) is 11.1 Å². The summed E-state index contributed by atoms with van der Waals surface area (Å²) in [6.45, 7) is 8.35. The van der Waals surface area contributed by atoms with Gasteiger partial charge in [0, 0.05) is 18.4 Å². The first-order chi connectivity index (χ1) is 20.2. The zero-order valence-electron chi connectivity index (χ0n) is 24.8. The molecule has 6 nitrogen and oxygen atoms in total. The van der Waals surface area contributed by atoms with Crippen molar-refractivity contribution in [1.82, 2.24) is 0 Å². The fraction of sp³-hybridized carbons (Fsp3) is 0.486. The summed E-state index contributed by atoms with van der Waals surface area (Å²) in [6, 6.07) is 11.2. The van der Waals surface area contributed by atoms with E-state index >= 15 is 4.39 Å². The van der Waals surface area contributed by atoms with Crippen LogP contribution >= 0.6 is 0 Å². The van der Waals surface area contributed by atoms with Crippen LogP contribution in [0.4, 0.5) is 4.39 Å². The summed E-state index contributed by atoms with van der Waals surface area (Å²) < 4.78 is 26.0. The standard InChI is InChI=1S/C35H45FO6/c1-4-5-6-7-26-8-10-29(11-9-26)30-12-13-32(33(36)21-30)31-19-27(14-16-41-34(39)24(2)22-37)18-28(20-31)15-17-42-35(40)25(3)23-38/h12-13,18-21,26,29,37-38H,2-11,14-17,22-23H2,1H3. The van der Waals surface area contributed by atoms with E-state index in [1.165, 1.54) is 38.5 Å². The first kappa shape index (κ1) is 33.2. The molecule has 1 aliphatic carbocycles. The van der Waals surface area contributed by atoms with Crippen molar-refractivity contribution in [3.05, 3.63) is 83.2 Å². The molecule has 1 aliphatic rings. The monoisotopic (exact) mass is 580 g/mol. The molecule has 228 valence electrons. The maximum Gasteiger partial charge on any atom is 0.335 e. The quantitative estimate of drug-likeness (QED) is 0.132. The van der Waals surface area contributed by atoms with E-state index in [2.05, 4.69) is 20.1 Å². The number of esters is 2. The van der Waals surface area contributed by atoms with Gasteiger partial charge in [0.1, 0.15) is 5.82 Å². The number of carbonyl (C=O) groups is 2. The zero-order valence-corrected chi connectivity index (χ0v) is 24.8. The Balaban J connectivity index is 1.74. The van der Waals surface area contributed by atoms with Crippen molar-refractivity contribution < 1.29 is 33.7 Å². The molecule has 2 aromatic rings. The molecule has 42 heavy (non-hydrogen) atoms. The predicted octanol–water partition coefficient (Wildman–Crippen LogP) is 6.62. The maximum absolute atomic E-state index is 15.6. The van der Waals surface area contributed by atoms with E-state index in [-0.39, 0.29) is 30.2 Å². The van der Waals surface area contributed by atoms with Crippen LogP contribution in [0.3, 0.4) is 0 Å². The first-order valence-electron chi connectivity index (χ1n) is 15.1. The van der Waals surface area contributed by atoms with Gasteiger partial charge in [0.2, 0.25) is 0 Å². The summed E-state index contributed by atoms with van der Waals surface area (Å²) in [6.07, 6.45) is 10.5. The molecule has 2 N–H and O–H groups in total.